The van der Waals surface area contributed by atoms with Gasteiger partial charge in [0.1, 0.15) is 23.8 Å². The highest BCUT2D eigenvalue weighted by Crippen LogP contribution is 2.23. The summed E-state index contributed by atoms with van der Waals surface area (Å²) in [6.45, 7) is 1.79. The second-order valence-corrected chi connectivity index (χ2v) is 4.36. The molecule has 2 heterocycles. The van der Waals surface area contributed by atoms with E-state index >= 15 is 0 Å². The van der Waals surface area contributed by atoms with Crippen LogP contribution in [0.1, 0.15) is 12.1 Å². The van der Waals surface area contributed by atoms with E-state index in [1.807, 2.05) is 0 Å². The molecule has 20 heavy (non-hydrogen) atoms. The van der Waals surface area contributed by atoms with Gasteiger partial charge in [-0.15, -0.1) is 0 Å². The van der Waals surface area contributed by atoms with Crippen LogP contribution in [0, 0.1) is 6.92 Å². The molecule has 0 aliphatic heterocycles. The Balaban J connectivity index is 2.03. The summed E-state index contributed by atoms with van der Waals surface area (Å²) in [7, 11) is 0. The van der Waals surface area contributed by atoms with Crippen molar-refractivity contribution >= 4 is 11.6 Å². The molecule has 0 aromatic carbocycles. The normalized spacial score (nSPS) is 15.4. The molecular weight excluding hydrogens is 264 g/mol. The molecule has 1 aliphatic carbocycles. The summed E-state index contributed by atoms with van der Waals surface area (Å²) < 4.78 is 28.7. The number of nitrogens with zero attached hydrogens (tertiary/aromatic N) is 4. The Hall–Kier alpha value is -2.57. The number of aromatic nitrogens is 4. The van der Waals surface area contributed by atoms with Crippen LogP contribution in [0.25, 0.3) is 5.78 Å². The van der Waals surface area contributed by atoms with E-state index in [0.29, 0.717) is 17.3 Å². The zero-order valence-electron chi connectivity index (χ0n) is 10.6. The van der Waals surface area contributed by atoms with E-state index in [9.17, 15) is 8.78 Å². The van der Waals surface area contributed by atoms with Crippen LogP contribution in [-0.4, -0.2) is 19.6 Å². The van der Waals surface area contributed by atoms with Crippen molar-refractivity contribution in [1.82, 2.24) is 19.6 Å². The number of aryl methyl sites for hydroxylation is 1. The molecule has 0 saturated carbocycles. The van der Waals surface area contributed by atoms with E-state index in [1.165, 1.54) is 29.1 Å². The fourth-order valence-electron chi connectivity index (χ4n) is 1.93. The van der Waals surface area contributed by atoms with Crippen molar-refractivity contribution in [3.05, 3.63) is 53.7 Å². The van der Waals surface area contributed by atoms with Gasteiger partial charge in [-0.05, 0) is 19.1 Å². The third-order valence-corrected chi connectivity index (χ3v) is 2.81. The number of hydrogen-bond acceptors (Lipinski definition) is 4. The predicted octanol–water partition coefficient (Wildman–Crippen LogP) is 2.84. The zero-order chi connectivity index (χ0) is 14.1. The topological polar surface area (TPSA) is 55.1 Å². The lowest BCUT2D eigenvalue weighted by Crippen LogP contribution is -2.08. The van der Waals surface area contributed by atoms with Gasteiger partial charge in [0.05, 0.1) is 5.70 Å². The summed E-state index contributed by atoms with van der Waals surface area (Å²) >= 11 is 0. The second-order valence-electron chi connectivity index (χ2n) is 4.36. The molecule has 1 aliphatic rings. The van der Waals surface area contributed by atoms with Crippen LogP contribution in [-0.2, 0) is 0 Å². The van der Waals surface area contributed by atoms with Crippen LogP contribution in [0.15, 0.2) is 48.0 Å². The summed E-state index contributed by atoms with van der Waals surface area (Å²) in [4.78, 5) is 8.16. The molecule has 0 spiro atoms. The van der Waals surface area contributed by atoms with Gasteiger partial charge >= 0.3 is 0 Å². The SMILES string of the molecule is Cc1cc(NC2=C(F)C=CC=C(F)C2)n2ncnc2n1. The molecule has 2 aromatic heterocycles. The molecular formula is C13H11F2N5. The fourth-order valence-corrected chi connectivity index (χ4v) is 1.93. The highest BCUT2D eigenvalue weighted by molar-refractivity contribution is 5.51. The number of anilines is 1. The van der Waals surface area contributed by atoms with Gasteiger partial charge in [0.25, 0.3) is 5.78 Å². The molecule has 0 fully saturated rings. The zero-order valence-corrected chi connectivity index (χ0v) is 10.6. The number of nitrogens with one attached hydrogen (secondary N) is 1. The minimum Gasteiger partial charge on any atom is -0.341 e. The average Bonchev–Trinajstić information content (AvgIpc) is 2.79. The molecule has 102 valence electrons. The Labute approximate surface area is 113 Å². The van der Waals surface area contributed by atoms with Crippen LogP contribution >= 0.6 is 0 Å². The highest BCUT2D eigenvalue weighted by atomic mass is 19.1. The van der Waals surface area contributed by atoms with Crippen molar-refractivity contribution in [2.45, 2.75) is 13.3 Å². The van der Waals surface area contributed by atoms with E-state index in [2.05, 4.69) is 20.4 Å². The molecule has 0 amide bonds. The molecule has 0 atom stereocenters. The van der Waals surface area contributed by atoms with Crippen LogP contribution in [0.4, 0.5) is 14.6 Å². The largest absolute Gasteiger partial charge is 0.341 e. The third-order valence-electron chi connectivity index (χ3n) is 2.81. The molecule has 1 N–H and O–H groups in total. The van der Waals surface area contributed by atoms with Crippen LogP contribution in [0.2, 0.25) is 0 Å². The van der Waals surface area contributed by atoms with Crippen molar-refractivity contribution < 1.29 is 8.78 Å². The molecule has 2 aromatic rings. The number of rotatable bonds is 2. The Bertz CT molecular complexity index is 757. The number of halogens is 2. The van der Waals surface area contributed by atoms with Gasteiger partial charge in [0.2, 0.25) is 0 Å². The van der Waals surface area contributed by atoms with E-state index < -0.39 is 11.7 Å². The molecule has 5 nitrogen and oxygen atoms in total. The first-order valence-corrected chi connectivity index (χ1v) is 5.99. The maximum absolute atomic E-state index is 13.9. The van der Waals surface area contributed by atoms with Crippen molar-refractivity contribution in [3.63, 3.8) is 0 Å². The Morgan fingerprint density at radius 3 is 3.05 bits per heavy atom. The first-order valence-electron chi connectivity index (χ1n) is 5.99. The minimum atomic E-state index is -0.517. The summed E-state index contributed by atoms with van der Waals surface area (Å²) in [5.41, 5.74) is 0.837. The van der Waals surface area contributed by atoms with Crippen molar-refractivity contribution in [2.75, 3.05) is 5.32 Å². The quantitative estimate of drug-likeness (QED) is 0.915. The molecule has 7 heteroatoms. The lowest BCUT2D eigenvalue weighted by molar-refractivity contribution is 0.598. The predicted molar refractivity (Wildman–Crippen MR) is 70.2 cm³/mol. The fraction of sp³-hybridized carbons (Fsp3) is 0.154. The van der Waals surface area contributed by atoms with E-state index in [0.717, 1.165) is 0 Å². The average molecular weight is 275 g/mol. The standard InChI is InChI=1S/C13H11F2N5/c1-8-5-12(20-13(18-8)16-7-17-20)19-11-6-9(14)3-2-4-10(11)15/h2-5,7,19H,6H2,1H3. The molecule has 0 radical (unpaired) electrons. The lowest BCUT2D eigenvalue weighted by atomic mass is 10.2. The van der Waals surface area contributed by atoms with Gasteiger partial charge in [-0.1, -0.05) is 6.08 Å². The number of hydrogen-bond donors (Lipinski definition) is 1. The summed E-state index contributed by atoms with van der Waals surface area (Å²) in [6, 6.07) is 1.69. The monoisotopic (exact) mass is 275 g/mol. The smallest absolute Gasteiger partial charge is 0.254 e. The maximum atomic E-state index is 13.9. The Kier molecular flexibility index (Phi) is 3.02. The highest BCUT2D eigenvalue weighted by Gasteiger charge is 2.13. The van der Waals surface area contributed by atoms with Crippen LogP contribution in [0.5, 0.6) is 0 Å². The van der Waals surface area contributed by atoms with Crippen molar-refractivity contribution in [1.29, 1.82) is 0 Å². The first-order chi connectivity index (χ1) is 9.63. The molecule has 0 bridgehead atoms. The van der Waals surface area contributed by atoms with Crippen LogP contribution in [0.3, 0.4) is 0 Å². The van der Waals surface area contributed by atoms with Gasteiger partial charge < -0.3 is 5.32 Å². The maximum Gasteiger partial charge on any atom is 0.254 e. The summed E-state index contributed by atoms with van der Waals surface area (Å²) in [6.07, 6.45) is 4.99. The molecule has 0 saturated heterocycles. The van der Waals surface area contributed by atoms with E-state index in [4.69, 9.17) is 0 Å². The number of allylic oxidation sites excluding steroid dienone is 5. The van der Waals surface area contributed by atoms with Crippen molar-refractivity contribution in [2.24, 2.45) is 0 Å². The van der Waals surface area contributed by atoms with Gasteiger partial charge in [0, 0.05) is 18.2 Å². The lowest BCUT2D eigenvalue weighted by Gasteiger charge is -2.11. The Morgan fingerprint density at radius 2 is 2.20 bits per heavy atom. The van der Waals surface area contributed by atoms with Gasteiger partial charge in [-0.3, -0.25) is 0 Å². The van der Waals surface area contributed by atoms with E-state index in [-0.39, 0.29) is 12.1 Å². The molecule has 3 rings (SSSR count). The van der Waals surface area contributed by atoms with Crippen molar-refractivity contribution in [3.8, 4) is 0 Å². The van der Waals surface area contributed by atoms with Gasteiger partial charge in [-0.2, -0.15) is 14.6 Å². The second kappa shape index (κ2) is 4.84. The number of fused-ring (bicyclic) bond motifs is 1. The third kappa shape index (κ3) is 2.29. The van der Waals surface area contributed by atoms with Gasteiger partial charge in [0.15, 0.2) is 0 Å². The minimum absolute atomic E-state index is 0.134. The van der Waals surface area contributed by atoms with E-state index in [1.54, 1.807) is 13.0 Å². The summed E-state index contributed by atoms with van der Waals surface area (Å²) in [5, 5.41) is 6.87. The van der Waals surface area contributed by atoms with Gasteiger partial charge in [-0.25, -0.2) is 13.8 Å². The molecule has 0 unspecified atom stereocenters. The summed E-state index contributed by atoms with van der Waals surface area (Å²) in [5.74, 6) is -0.0550. The van der Waals surface area contributed by atoms with Crippen LogP contribution < -0.4 is 5.32 Å². The first kappa shape index (κ1) is 12.5. The Morgan fingerprint density at radius 1 is 1.35 bits per heavy atom.